The van der Waals surface area contributed by atoms with Crippen molar-refractivity contribution in [2.45, 2.75) is 65.2 Å². The van der Waals surface area contributed by atoms with Gasteiger partial charge >= 0.3 is 0 Å². The first-order valence-corrected chi connectivity index (χ1v) is 13.9. The molecule has 186 valence electrons. The summed E-state index contributed by atoms with van der Waals surface area (Å²) in [6.07, 6.45) is 0. The number of carbonyl (C=O) groups excluding carboxylic acids is 2. The lowest BCUT2D eigenvalue weighted by atomic mass is 9.87. The molecule has 8 heteroatoms. The molecule has 0 saturated heterocycles. The van der Waals surface area contributed by atoms with Crippen molar-refractivity contribution in [3.63, 3.8) is 0 Å². The highest BCUT2D eigenvalue weighted by Gasteiger charge is 2.40. The Labute approximate surface area is 216 Å². The first-order valence-electron chi connectivity index (χ1n) is 11.9. The maximum atomic E-state index is 13.6. The van der Waals surface area contributed by atoms with E-state index in [1.807, 2.05) is 18.5 Å². The number of thioether (sulfide) groups is 1. The normalized spacial score (nSPS) is 16.4. The molecule has 3 aromatic rings. The van der Waals surface area contributed by atoms with Crippen LogP contribution < -0.4 is 10.2 Å². The second kappa shape index (κ2) is 9.82. The van der Waals surface area contributed by atoms with Crippen LogP contribution in [0.4, 0.5) is 5.82 Å². The fraction of sp³-hybridized carbons (Fsp3) is 0.444. The molecule has 1 N–H and O–H groups in total. The molecule has 4 rings (SSSR count). The quantitative estimate of drug-likeness (QED) is 0.489. The molecular formula is C27H34N4O2S2. The van der Waals surface area contributed by atoms with E-state index in [2.05, 4.69) is 75.0 Å². The maximum absolute atomic E-state index is 13.6. The van der Waals surface area contributed by atoms with Gasteiger partial charge in [-0.25, -0.2) is 4.68 Å². The summed E-state index contributed by atoms with van der Waals surface area (Å²) in [6.45, 7) is 14.4. The predicted octanol–water partition coefficient (Wildman–Crippen LogP) is 5.54. The highest BCUT2D eigenvalue weighted by Crippen LogP contribution is 2.48. The fourth-order valence-electron chi connectivity index (χ4n) is 4.48. The predicted molar refractivity (Wildman–Crippen MR) is 146 cm³/mol. The molecule has 0 bridgehead atoms. The van der Waals surface area contributed by atoms with Crippen molar-refractivity contribution < 1.29 is 9.59 Å². The van der Waals surface area contributed by atoms with E-state index in [0.717, 1.165) is 33.6 Å². The van der Waals surface area contributed by atoms with Gasteiger partial charge in [0, 0.05) is 17.0 Å². The second-order valence-electron chi connectivity index (χ2n) is 10.5. The Kier molecular flexibility index (Phi) is 7.16. The average molecular weight is 511 g/mol. The van der Waals surface area contributed by atoms with E-state index in [4.69, 9.17) is 5.10 Å². The topological polar surface area (TPSA) is 67.2 Å². The Bertz CT molecular complexity index is 1240. The molecule has 6 nitrogen and oxygen atoms in total. The first kappa shape index (κ1) is 25.5. The van der Waals surface area contributed by atoms with Crippen molar-refractivity contribution in [3.05, 3.63) is 63.0 Å². The van der Waals surface area contributed by atoms with Crippen molar-refractivity contribution in [3.8, 4) is 5.69 Å². The number of carbonyl (C=O) groups is 2. The number of fused-ring (bicyclic) bond motifs is 1. The zero-order valence-electron chi connectivity index (χ0n) is 21.5. The third kappa shape index (κ3) is 5.19. The summed E-state index contributed by atoms with van der Waals surface area (Å²) in [5, 5.41) is 12.3. The Balaban J connectivity index is 2.02. The lowest BCUT2D eigenvalue weighted by Gasteiger charge is -2.25. The van der Waals surface area contributed by atoms with E-state index in [-0.39, 0.29) is 35.1 Å². The van der Waals surface area contributed by atoms with Gasteiger partial charge in [-0.3, -0.25) is 14.5 Å². The molecule has 1 atom stereocenters. The molecule has 0 unspecified atom stereocenters. The summed E-state index contributed by atoms with van der Waals surface area (Å²) in [5.74, 6) is 0.732. The zero-order valence-corrected chi connectivity index (χ0v) is 23.1. The van der Waals surface area contributed by atoms with Gasteiger partial charge in [0.05, 0.1) is 22.4 Å². The second-order valence-corrected chi connectivity index (χ2v) is 12.4. The monoisotopic (exact) mass is 510 g/mol. The van der Waals surface area contributed by atoms with Crippen LogP contribution in [0.1, 0.15) is 67.8 Å². The van der Waals surface area contributed by atoms with Crippen molar-refractivity contribution in [2.75, 3.05) is 17.2 Å². The van der Waals surface area contributed by atoms with E-state index < -0.39 is 0 Å². The molecule has 35 heavy (non-hydrogen) atoms. The standard InChI is InChI=1S/C27H34N4O2S2/c1-16(2)28-21(32)13-30-22(33)15-35-24(19-10-11-34-14-19)23-25(27(5,6)7)29-31(26(23)30)20-9-8-17(3)12-18(20)4/h8-12,14,16,24H,13,15H2,1-7H3,(H,28,32)/t24-/m0/s1. The maximum Gasteiger partial charge on any atom is 0.240 e. The van der Waals surface area contributed by atoms with Crippen molar-refractivity contribution in [2.24, 2.45) is 0 Å². The number of aryl methyl sites for hydroxylation is 2. The van der Waals surface area contributed by atoms with Gasteiger partial charge in [0.25, 0.3) is 0 Å². The lowest BCUT2D eigenvalue weighted by molar-refractivity contribution is -0.123. The third-order valence-electron chi connectivity index (χ3n) is 5.98. The van der Waals surface area contributed by atoms with Crippen molar-refractivity contribution in [1.82, 2.24) is 15.1 Å². The molecule has 3 heterocycles. The highest BCUT2D eigenvalue weighted by molar-refractivity contribution is 8.00. The smallest absolute Gasteiger partial charge is 0.240 e. The summed E-state index contributed by atoms with van der Waals surface area (Å²) >= 11 is 3.26. The number of nitrogens with one attached hydrogen (secondary N) is 1. The van der Waals surface area contributed by atoms with Crippen LogP contribution in [0.5, 0.6) is 0 Å². The molecule has 1 aromatic carbocycles. The van der Waals surface area contributed by atoms with Crippen LogP contribution in [0.25, 0.3) is 5.69 Å². The molecule has 2 amide bonds. The Morgan fingerprint density at radius 2 is 1.97 bits per heavy atom. The van der Waals surface area contributed by atoms with Crippen LogP contribution in [-0.4, -0.2) is 39.9 Å². The van der Waals surface area contributed by atoms with Crippen LogP contribution in [0.2, 0.25) is 0 Å². The molecule has 0 saturated carbocycles. The van der Waals surface area contributed by atoms with Gasteiger partial charge in [0.1, 0.15) is 12.4 Å². The molecule has 0 spiro atoms. The van der Waals surface area contributed by atoms with Gasteiger partial charge in [-0.1, -0.05) is 38.5 Å². The molecule has 0 aliphatic carbocycles. The van der Waals surface area contributed by atoms with Crippen LogP contribution >= 0.6 is 23.1 Å². The van der Waals surface area contributed by atoms with Gasteiger partial charge < -0.3 is 5.32 Å². The Morgan fingerprint density at radius 1 is 1.23 bits per heavy atom. The van der Waals surface area contributed by atoms with Crippen LogP contribution in [0.15, 0.2) is 35.0 Å². The van der Waals surface area contributed by atoms with Crippen LogP contribution in [-0.2, 0) is 15.0 Å². The summed E-state index contributed by atoms with van der Waals surface area (Å²) in [4.78, 5) is 28.2. The zero-order chi connectivity index (χ0) is 25.5. The minimum Gasteiger partial charge on any atom is -0.352 e. The van der Waals surface area contributed by atoms with E-state index in [1.165, 1.54) is 0 Å². The number of anilines is 1. The van der Waals surface area contributed by atoms with Crippen molar-refractivity contribution >= 4 is 40.7 Å². The van der Waals surface area contributed by atoms with E-state index in [0.29, 0.717) is 11.6 Å². The van der Waals surface area contributed by atoms with Crippen LogP contribution in [0, 0.1) is 13.8 Å². The summed E-state index contributed by atoms with van der Waals surface area (Å²) < 4.78 is 1.90. The molecule has 1 aliphatic heterocycles. The minimum absolute atomic E-state index is 0.00799. The number of thiophene rings is 1. The SMILES string of the molecule is Cc1ccc(-n2nc(C(C)(C)C)c3c2N(CC(=O)NC(C)C)C(=O)CS[C@H]3c2ccsc2)c(C)c1. The van der Waals surface area contributed by atoms with E-state index in [9.17, 15) is 9.59 Å². The van der Waals surface area contributed by atoms with Gasteiger partial charge in [-0.2, -0.15) is 16.4 Å². The van der Waals surface area contributed by atoms with Gasteiger partial charge in [0.15, 0.2) is 0 Å². The van der Waals surface area contributed by atoms with E-state index in [1.54, 1.807) is 28.0 Å². The molecule has 0 fully saturated rings. The average Bonchev–Trinajstić information content (AvgIpc) is 3.38. The van der Waals surface area contributed by atoms with E-state index >= 15 is 0 Å². The Hall–Kier alpha value is -2.58. The van der Waals surface area contributed by atoms with Crippen molar-refractivity contribution in [1.29, 1.82) is 0 Å². The number of hydrogen-bond donors (Lipinski definition) is 1. The number of hydrogen-bond acceptors (Lipinski definition) is 5. The van der Waals surface area contributed by atoms with Gasteiger partial charge in [-0.05, 0) is 61.7 Å². The lowest BCUT2D eigenvalue weighted by Crippen LogP contribution is -2.44. The van der Waals surface area contributed by atoms with Gasteiger partial charge in [0.2, 0.25) is 11.8 Å². The summed E-state index contributed by atoms with van der Waals surface area (Å²) in [6, 6.07) is 8.36. The molecule has 0 radical (unpaired) electrons. The first-order chi connectivity index (χ1) is 16.5. The number of aromatic nitrogens is 2. The largest absolute Gasteiger partial charge is 0.352 e. The van der Waals surface area contributed by atoms with Gasteiger partial charge in [-0.15, -0.1) is 11.8 Å². The molecule has 2 aromatic heterocycles. The van der Waals surface area contributed by atoms with Crippen LogP contribution in [0.3, 0.4) is 0 Å². The number of rotatable bonds is 5. The third-order valence-corrected chi connectivity index (χ3v) is 7.93. The Morgan fingerprint density at radius 3 is 2.57 bits per heavy atom. The summed E-state index contributed by atoms with van der Waals surface area (Å²) in [5.41, 5.74) is 6.01. The molecule has 1 aliphatic rings. The highest BCUT2D eigenvalue weighted by atomic mass is 32.2. The molecular weight excluding hydrogens is 476 g/mol. The summed E-state index contributed by atoms with van der Waals surface area (Å²) in [7, 11) is 0. The number of nitrogens with zero attached hydrogens (tertiary/aromatic N) is 3. The number of amides is 2. The fourth-order valence-corrected chi connectivity index (χ4v) is 6.44. The minimum atomic E-state index is -0.262. The number of benzene rings is 1.